The highest BCUT2D eigenvalue weighted by Crippen LogP contribution is 2.20. The van der Waals surface area contributed by atoms with Crippen molar-refractivity contribution in [3.8, 4) is 11.8 Å². The Morgan fingerprint density at radius 3 is 3.00 bits per heavy atom. The van der Waals surface area contributed by atoms with Gasteiger partial charge in [-0.1, -0.05) is 17.9 Å². The molecule has 1 aliphatic heterocycles. The lowest BCUT2D eigenvalue weighted by Crippen LogP contribution is -2.51. The van der Waals surface area contributed by atoms with Crippen LogP contribution in [-0.4, -0.2) is 31.2 Å². The fourth-order valence-corrected chi connectivity index (χ4v) is 2.48. The maximum atomic E-state index is 12.5. The van der Waals surface area contributed by atoms with Gasteiger partial charge in [-0.15, -0.1) is 0 Å². The highest BCUT2D eigenvalue weighted by Gasteiger charge is 2.30. The zero-order valence-corrected chi connectivity index (χ0v) is 12.7. The van der Waals surface area contributed by atoms with Crippen LogP contribution >= 0.6 is 0 Å². The van der Waals surface area contributed by atoms with Gasteiger partial charge in [0.1, 0.15) is 0 Å². The standard InChI is InChI=1S/C17H22N2O2/c1-13-6-7-15(14(11-13)5-3-9-18)16(20)19-17(2)8-4-10-21-12-17/h6-7,11H,4,8-10,12,18H2,1-2H3,(H,19,20). The second kappa shape index (κ2) is 6.75. The zero-order valence-electron chi connectivity index (χ0n) is 12.7. The number of amides is 1. The molecule has 0 spiro atoms. The van der Waals surface area contributed by atoms with E-state index in [1.54, 1.807) is 0 Å². The van der Waals surface area contributed by atoms with Gasteiger partial charge in [0.15, 0.2) is 0 Å². The summed E-state index contributed by atoms with van der Waals surface area (Å²) in [5, 5.41) is 3.08. The van der Waals surface area contributed by atoms with E-state index in [2.05, 4.69) is 17.2 Å². The minimum Gasteiger partial charge on any atom is -0.379 e. The Hall–Kier alpha value is -1.83. The fraction of sp³-hybridized carbons (Fsp3) is 0.471. The van der Waals surface area contributed by atoms with Crippen molar-refractivity contribution < 1.29 is 9.53 Å². The summed E-state index contributed by atoms with van der Waals surface area (Å²) in [4.78, 5) is 12.5. The first-order chi connectivity index (χ1) is 10.0. The average molecular weight is 286 g/mol. The molecule has 1 aromatic carbocycles. The number of aryl methyl sites for hydroxylation is 1. The van der Waals surface area contributed by atoms with Gasteiger partial charge in [0.05, 0.1) is 24.3 Å². The number of carbonyl (C=O) groups excluding carboxylic acids is 1. The Kier molecular flexibility index (Phi) is 5.00. The van der Waals surface area contributed by atoms with Crippen molar-refractivity contribution in [3.63, 3.8) is 0 Å². The molecule has 1 saturated heterocycles. The van der Waals surface area contributed by atoms with Crippen molar-refractivity contribution in [2.75, 3.05) is 19.8 Å². The summed E-state index contributed by atoms with van der Waals surface area (Å²) in [6, 6.07) is 5.65. The SMILES string of the molecule is Cc1ccc(C(=O)NC2(C)CCCOC2)c(C#CCN)c1. The van der Waals surface area contributed by atoms with Crippen molar-refractivity contribution in [1.82, 2.24) is 5.32 Å². The lowest BCUT2D eigenvalue weighted by molar-refractivity contribution is 0.0272. The topological polar surface area (TPSA) is 64.3 Å². The van der Waals surface area contributed by atoms with Crippen LogP contribution in [0.5, 0.6) is 0 Å². The summed E-state index contributed by atoms with van der Waals surface area (Å²) < 4.78 is 5.48. The van der Waals surface area contributed by atoms with Gasteiger partial charge in [-0.25, -0.2) is 0 Å². The van der Waals surface area contributed by atoms with Crippen molar-refractivity contribution in [2.45, 2.75) is 32.2 Å². The van der Waals surface area contributed by atoms with E-state index in [0.717, 1.165) is 30.6 Å². The molecule has 4 nitrogen and oxygen atoms in total. The van der Waals surface area contributed by atoms with Gasteiger partial charge in [0.2, 0.25) is 0 Å². The first-order valence-corrected chi connectivity index (χ1v) is 7.24. The molecule has 21 heavy (non-hydrogen) atoms. The first-order valence-electron chi connectivity index (χ1n) is 7.24. The third kappa shape index (κ3) is 4.07. The van der Waals surface area contributed by atoms with Crippen molar-refractivity contribution in [2.24, 2.45) is 5.73 Å². The molecule has 1 amide bonds. The second-order valence-electron chi connectivity index (χ2n) is 5.73. The van der Waals surface area contributed by atoms with Gasteiger partial charge in [0, 0.05) is 12.2 Å². The third-order valence-electron chi connectivity index (χ3n) is 3.60. The molecule has 1 fully saturated rings. The molecule has 0 bridgehead atoms. The molecule has 1 atom stereocenters. The second-order valence-corrected chi connectivity index (χ2v) is 5.73. The summed E-state index contributed by atoms with van der Waals surface area (Å²) in [5.41, 5.74) is 7.49. The predicted octanol–water partition coefficient (Wildman–Crippen LogP) is 1.60. The van der Waals surface area contributed by atoms with Crippen molar-refractivity contribution in [3.05, 3.63) is 34.9 Å². The number of benzene rings is 1. The van der Waals surface area contributed by atoms with E-state index in [0.29, 0.717) is 12.2 Å². The number of hydrogen-bond donors (Lipinski definition) is 2. The Morgan fingerprint density at radius 1 is 1.52 bits per heavy atom. The first kappa shape index (κ1) is 15.6. The monoisotopic (exact) mass is 286 g/mol. The molecule has 3 N–H and O–H groups in total. The van der Waals surface area contributed by atoms with E-state index in [1.165, 1.54) is 0 Å². The Morgan fingerprint density at radius 2 is 2.33 bits per heavy atom. The number of carbonyl (C=O) groups is 1. The third-order valence-corrected chi connectivity index (χ3v) is 3.60. The maximum Gasteiger partial charge on any atom is 0.253 e. The minimum absolute atomic E-state index is 0.107. The van der Waals surface area contributed by atoms with E-state index >= 15 is 0 Å². The van der Waals surface area contributed by atoms with Crippen LogP contribution in [0.15, 0.2) is 18.2 Å². The van der Waals surface area contributed by atoms with E-state index in [9.17, 15) is 4.79 Å². The molecule has 0 aliphatic carbocycles. The van der Waals surface area contributed by atoms with Crippen LogP contribution < -0.4 is 11.1 Å². The van der Waals surface area contributed by atoms with Crippen LogP contribution in [0.2, 0.25) is 0 Å². The summed E-state index contributed by atoms with van der Waals surface area (Å²) in [6.45, 7) is 5.59. The number of hydrogen-bond acceptors (Lipinski definition) is 3. The molecule has 4 heteroatoms. The van der Waals surface area contributed by atoms with Crippen LogP contribution in [0, 0.1) is 18.8 Å². The van der Waals surface area contributed by atoms with Gasteiger partial charge >= 0.3 is 0 Å². The van der Waals surface area contributed by atoms with E-state index in [-0.39, 0.29) is 18.0 Å². The summed E-state index contributed by atoms with van der Waals surface area (Å²) in [6.07, 6.45) is 1.89. The molecule has 112 valence electrons. The van der Waals surface area contributed by atoms with Gasteiger partial charge in [-0.05, 0) is 44.4 Å². The fourth-order valence-electron chi connectivity index (χ4n) is 2.48. The van der Waals surface area contributed by atoms with Crippen LogP contribution in [-0.2, 0) is 4.74 Å². The zero-order chi connectivity index (χ0) is 15.3. The van der Waals surface area contributed by atoms with Crippen molar-refractivity contribution >= 4 is 5.91 Å². The molecular weight excluding hydrogens is 264 g/mol. The molecule has 1 unspecified atom stereocenters. The lowest BCUT2D eigenvalue weighted by Gasteiger charge is -2.34. The van der Waals surface area contributed by atoms with E-state index < -0.39 is 0 Å². The number of ether oxygens (including phenoxy) is 1. The highest BCUT2D eigenvalue weighted by atomic mass is 16.5. The van der Waals surface area contributed by atoms with Gasteiger partial charge < -0.3 is 15.8 Å². The normalized spacial score (nSPS) is 21.3. The summed E-state index contributed by atoms with van der Waals surface area (Å²) in [7, 11) is 0. The highest BCUT2D eigenvalue weighted by molar-refractivity contribution is 5.97. The molecule has 0 radical (unpaired) electrons. The average Bonchev–Trinajstić information content (AvgIpc) is 2.45. The maximum absolute atomic E-state index is 12.5. The number of rotatable bonds is 2. The predicted molar refractivity (Wildman–Crippen MR) is 83.0 cm³/mol. The summed E-state index contributed by atoms with van der Waals surface area (Å²) >= 11 is 0. The van der Waals surface area contributed by atoms with Crippen LogP contribution in [0.25, 0.3) is 0 Å². The van der Waals surface area contributed by atoms with Crippen LogP contribution in [0.4, 0.5) is 0 Å². The van der Waals surface area contributed by atoms with E-state index in [4.69, 9.17) is 10.5 Å². The smallest absolute Gasteiger partial charge is 0.253 e. The Labute approximate surface area is 126 Å². The molecule has 0 aromatic heterocycles. The van der Waals surface area contributed by atoms with Gasteiger partial charge in [-0.2, -0.15) is 0 Å². The molecule has 1 heterocycles. The summed E-state index contributed by atoms with van der Waals surface area (Å²) in [5.74, 6) is 5.68. The molecule has 1 aromatic rings. The molecule has 2 rings (SSSR count). The van der Waals surface area contributed by atoms with Crippen molar-refractivity contribution in [1.29, 1.82) is 0 Å². The number of nitrogens with one attached hydrogen (secondary N) is 1. The van der Waals surface area contributed by atoms with Gasteiger partial charge in [-0.3, -0.25) is 4.79 Å². The van der Waals surface area contributed by atoms with E-state index in [1.807, 2.05) is 32.0 Å². The Balaban J connectivity index is 2.22. The van der Waals surface area contributed by atoms with Gasteiger partial charge in [0.25, 0.3) is 5.91 Å². The van der Waals surface area contributed by atoms with Crippen LogP contribution in [0.1, 0.15) is 41.3 Å². The molecule has 0 saturated carbocycles. The largest absolute Gasteiger partial charge is 0.379 e. The molecular formula is C17H22N2O2. The number of nitrogens with two attached hydrogens (primary N) is 1. The lowest BCUT2D eigenvalue weighted by atomic mass is 9.94. The molecule has 1 aliphatic rings. The Bertz CT molecular complexity index is 578. The minimum atomic E-state index is -0.307. The quantitative estimate of drug-likeness (QED) is 0.812. The van der Waals surface area contributed by atoms with Crippen LogP contribution in [0.3, 0.4) is 0 Å².